The summed E-state index contributed by atoms with van der Waals surface area (Å²) in [4.78, 5) is 39.8. The van der Waals surface area contributed by atoms with Crippen molar-refractivity contribution in [2.75, 3.05) is 5.32 Å². The van der Waals surface area contributed by atoms with Crippen molar-refractivity contribution >= 4 is 22.8 Å². The summed E-state index contributed by atoms with van der Waals surface area (Å²) in [7, 11) is 0. The number of amides is 1. The van der Waals surface area contributed by atoms with Gasteiger partial charge in [-0.3, -0.25) is 14.4 Å². The zero-order valence-corrected chi connectivity index (χ0v) is 19.2. The van der Waals surface area contributed by atoms with Crippen LogP contribution in [0.3, 0.4) is 0 Å². The first-order valence-corrected chi connectivity index (χ1v) is 10.9. The lowest BCUT2D eigenvalue weighted by Gasteiger charge is -2.14. The predicted octanol–water partition coefficient (Wildman–Crippen LogP) is 3.50. The third-order valence-corrected chi connectivity index (χ3v) is 5.52. The van der Waals surface area contributed by atoms with Gasteiger partial charge in [0.1, 0.15) is 5.82 Å². The van der Waals surface area contributed by atoms with Crippen molar-refractivity contribution in [3.05, 3.63) is 92.1 Å². The molecule has 4 aromatic rings. The van der Waals surface area contributed by atoms with Gasteiger partial charge in [0.15, 0.2) is 0 Å². The van der Waals surface area contributed by atoms with Crippen LogP contribution in [0.1, 0.15) is 49.3 Å². The summed E-state index contributed by atoms with van der Waals surface area (Å²) in [5, 5.41) is 7.69. The van der Waals surface area contributed by atoms with Crippen LogP contribution in [-0.4, -0.2) is 25.2 Å². The molecule has 0 atom stereocenters. The number of anilines is 1. The van der Waals surface area contributed by atoms with Gasteiger partial charge in [0.2, 0.25) is 0 Å². The normalized spacial score (nSPS) is 11.6. The zero-order valence-electron chi connectivity index (χ0n) is 19.2. The van der Waals surface area contributed by atoms with Gasteiger partial charge in [-0.25, -0.2) is 4.68 Å². The molecule has 4 rings (SSSR count). The molecule has 0 radical (unpaired) electrons. The molecule has 0 aliphatic rings. The number of rotatable bonds is 5. The van der Waals surface area contributed by atoms with Gasteiger partial charge in [-0.05, 0) is 30.7 Å². The number of H-pyrrole nitrogens is 1. The van der Waals surface area contributed by atoms with Crippen LogP contribution in [0.4, 0.5) is 5.82 Å². The summed E-state index contributed by atoms with van der Waals surface area (Å²) in [6, 6.07) is 16.7. The Morgan fingerprint density at radius 3 is 2.45 bits per heavy atom. The van der Waals surface area contributed by atoms with Gasteiger partial charge < -0.3 is 14.9 Å². The lowest BCUT2D eigenvalue weighted by molar-refractivity contribution is 0.102. The van der Waals surface area contributed by atoms with E-state index in [4.69, 9.17) is 5.10 Å². The fourth-order valence-corrected chi connectivity index (χ4v) is 3.68. The van der Waals surface area contributed by atoms with Crippen LogP contribution < -0.4 is 16.4 Å². The SMILES string of the molecule is CCn1c(=O)c(=O)[nH]c2cc(C(=O)Nc3cc(C(C)(C)C)nn3Cc3ccccc3)ccc21. The monoisotopic (exact) mass is 445 g/mol. The van der Waals surface area contributed by atoms with Crippen molar-refractivity contribution in [3.63, 3.8) is 0 Å². The maximum Gasteiger partial charge on any atom is 0.316 e. The number of hydrogen-bond donors (Lipinski definition) is 2. The largest absolute Gasteiger partial charge is 0.316 e. The lowest BCUT2D eigenvalue weighted by atomic mass is 9.92. The highest BCUT2D eigenvalue weighted by Gasteiger charge is 2.21. The summed E-state index contributed by atoms with van der Waals surface area (Å²) in [5.41, 5.74) is 1.79. The van der Waals surface area contributed by atoms with Crippen LogP contribution >= 0.6 is 0 Å². The Morgan fingerprint density at radius 2 is 1.79 bits per heavy atom. The van der Waals surface area contributed by atoms with E-state index >= 15 is 0 Å². The molecule has 0 saturated carbocycles. The Balaban J connectivity index is 1.70. The minimum Gasteiger partial charge on any atom is -0.316 e. The molecule has 2 aromatic carbocycles. The lowest BCUT2D eigenvalue weighted by Crippen LogP contribution is -2.36. The molecule has 1 amide bonds. The van der Waals surface area contributed by atoms with E-state index < -0.39 is 11.1 Å². The molecule has 33 heavy (non-hydrogen) atoms. The number of benzene rings is 2. The van der Waals surface area contributed by atoms with E-state index in [0.29, 0.717) is 35.5 Å². The highest BCUT2D eigenvalue weighted by atomic mass is 16.2. The van der Waals surface area contributed by atoms with Crippen LogP contribution in [0.15, 0.2) is 64.2 Å². The second-order valence-corrected chi connectivity index (χ2v) is 9.00. The molecule has 2 N–H and O–H groups in total. The van der Waals surface area contributed by atoms with Gasteiger partial charge in [0, 0.05) is 23.6 Å². The Bertz CT molecular complexity index is 1440. The molecule has 0 aliphatic carbocycles. The van der Waals surface area contributed by atoms with Crippen LogP contribution in [0, 0.1) is 0 Å². The first-order chi connectivity index (χ1) is 15.7. The number of nitrogens with zero attached hydrogens (tertiary/aromatic N) is 3. The zero-order chi connectivity index (χ0) is 23.8. The van der Waals surface area contributed by atoms with Gasteiger partial charge in [-0.2, -0.15) is 5.10 Å². The fourth-order valence-electron chi connectivity index (χ4n) is 3.68. The molecule has 2 aromatic heterocycles. The topological polar surface area (TPSA) is 102 Å². The van der Waals surface area contributed by atoms with E-state index in [2.05, 4.69) is 31.1 Å². The van der Waals surface area contributed by atoms with Crippen molar-refractivity contribution in [2.24, 2.45) is 0 Å². The minimum absolute atomic E-state index is 0.187. The molecule has 170 valence electrons. The van der Waals surface area contributed by atoms with Crippen molar-refractivity contribution < 1.29 is 4.79 Å². The fraction of sp³-hybridized carbons (Fsp3) is 0.280. The first kappa shape index (κ1) is 22.3. The van der Waals surface area contributed by atoms with Crippen LogP contribution in [-0.2, 0) is 18.5 Å². The number of carbonyl (C=O) groups is 1. The second-order valence-electron chi connectivity index (χ2n) is 9.00. The van der Waals surface area contributed by atoms with E-state index in [9.17, 15) is 14.4 Å². The third-order valence-electron chi connectivity index (χ3n) is 5.52. The first-order valence-electron chi connectivity index (χ1n) is 10.9. The number of nitrogens with one attached hydrogen (secondary N) is 2. The molecular weight excluding hydrogens is 418 g/mol. The minimum atomic E-state index is -0.710. The van der Waals surface area contributed by atoms with E-state index in [-0.39, 0.29) is 11.3 Å². The standard InChI is InChI=1S/C25H27N5O3/c1-5-29-19-12-11-17(13-18(19)26-23(32)24(29)33)22(31)27-21-14-20(25(2,3)4)28-30(21)15-16-9-7-6-8-10-16/h6-14H,5,15H2,1-4H3,(H,26,32)(H,27,31). The molecule has 0 spiro atoms. The van der Waals surface area contributed by atoms with Crippen molar-refractivity contribution in [3.8, 4) is 0 Å². The van der Waals surface area contributed by atoms with E-state index in [0.717, 1.165) is 11.3 Å². The molecule has 2 heterocycles. The predicted molar refractivity (Wildman–Crippen MR) is 129 cm³/mol. The second kappa shape index (κ2) is 8.54. The highest BCUT2D eigenvalue weighted by molar-refractivity contribution is 6.05. The van der Waals surface area contributed by atoms with E-state index in [1.54, 1.807) is 29.8 Å². The average Bonchev–Trinajstić information content (AvgIpc) is 3.18. The molecule has 0 fully saturated rings. The maximum atomic E-state index is 13.1. The number of hydrogen-bond acceptors (Lipinski definition) is 4. The van der Waals surface area contributed by atoms with Gasteiger partial charge >= 0.3 is 11.1 Å². The summed E-state index contributed by atoms with van der Waals surface area (Å²) in [5.74, 6) is 0.252. The Labute approximate surface area is 190 Å². The number of aryl methyl sites for hydroxylation is 1. The smallest absolute Gasteiger partial charge is 0.316 e. The van der Waals surface area contributed by atoms with Gasteiger partial charge in [0.25, 0.3) is 5.91 Å². The van der Waals surface area contributed by atoms with E-state index in [1.165, 1.54) is 4.57 Å². The Hall–Kier alpha value is -3.94. The van der Waals surface area contributed by atoms with Crippen molar-refractivity contribution in [2.45, 2.75) is 46.2 Å². The van der Waals surface area contributed by atoms with Crippen LogP contribution in [0.2, 0.25) is 0 Å². The number of fused-ring (bicyclic) bond motifs is 1. The molecule has 0 bridgehead atoms. The average molecular weight is 446 g/mol. The molecule has 0 unspecified atom stereocenters. The number of carbonyl (C=O) groups excluding carboxylic acids is 1. The Kier molecular flexibility index (Phi) is 5.76. The summed E-state index contributed by atoms with van der Waals surface area (Å²) in [6.07, 6.45) is 0. The van der Waals surface area contributed by atoms with Gasteiger partial charge in [-0.15, -0.1) is 0 Å². The van der Waals surface area contributed by atoms with Crippen LogP contribution in [0.5, 0.6) is 0 Å². The quantitative estimate of drug-likeness (QED) is 0.459. The third kappa shape index (κ3) is 4.50. The molecular formula is C25H27N5O3. The maximum absolute atomic E-state index is 13.1. The van der Waals surface area contributed by atoms with E-state index in [1.807, 2.05) is 36.4 Å². The van der Waals surface area contributed by atoms with Gasteiger partial charge in [0.05, 0.1) is 23.3 Å². The number of aromatic amines is 1. The van der Waals surface area contributed by atoms with Crippen molar-refractivity contribution in [1.82, 2.24) is 19.3 Å². The highest BCUT2D eigenvalue weighted by Crippen LogP contribution is 2.25. The molecule has 8 nitrogen and oxygen atoms in total. The Morgan fingerprint density at radius 1 is 1.06 bits per heavy atom. The van der Waals surface area contributed by atoms with Gasteiger partial charge in [-0.1, -0.05) is 51.1 Å². The summed E-state index contributed by atoms with van der Waals surface area (Å²) in [6.45, 7) is 8.88. The summed E-state index contributed by atoms with van der Waals surface area (Å²) < 4.78 is 3.17. The van der Waals surface area contributed by atoms with Crippen LogP contribution in [0.25, 0.3) is 11.0 Å². The van der Waals surface area contributed by atoms with Crippen molar-refractivity contribution in [1.29, 1.82) is 0 Å². The number of aromatic nitrogens is 4. The molecule has 0 aliphatic heterocycles. The molecule has 8 heteroatoms. The summed E-state index contributed by atoms with van der Waals surface area (Å²) >= 11 is 0. The molecule has 0 saturated heterocycles.